The second-order valence-electron chi connectivity index (χ2n) is 9.26. The number of fused-ring (bicyclic) bond motifs is 4. The number of nitrogens with zero attached hydrogens (tertiary/aromatic N) is 2. The zero-order valence-corrected chi connectivity index (χ0v) is 22.2. The van der Waals surface area contributed by atoms with Crippen molar-refractivity contribution in [2.45, 2.75) is 49.4 Å². The van der Waals surface area contributed by atoms with Gasteiger partial charge in [-0.25, -0.2) is 8.42 Å². The summed E-state index contributed by atoms with van der Waals surface area (Å²) in [4.78, 5) is 26.3. The fraction of sp³-hybridized carbons (Fsp3) is 0.400. The van der Waals surface area contributed by atoms with Crippen LogP contribution in [0.3, 0.4) is 0 Å². The molecule has 1 fully saturated rings. The predicted octanol–water partition coefficient (Wildman–Crippen LogP) is 2.87. The normalized spacial score (nSPS) is 21.5. The minimum atomic E-state index is -3.96. The Balaban J connectivity index is 1.45. The monoisotopic (exact) mass is 544 g/mol. The van der Waals surface area contributed by atoms with Crippen LogP contribution in [-0.2, 0) is 14.8 Å². The van der Waals surface area contributed by atoms with Crippen LogP contribution in [-0.4, -0.2) is 61.5 Å². The molecule has 4 bridgehead atoms. The molecule has 196 valence electrons. The Morgan fingerprint density at radius 1 is 1.05 bits per heavy atom. The summed E-state index contributed by atoms with van der Waals surface area (Å²) >= 11 is 1.09. The van der Waals surface area contributed by atoms with E-state index in [2.05, 4.69) is 15.8 Å². The molecule has 12 heteroatoms. The fourth-order valence-corrected chi connectivity index (χ4v) is 7.96. The first-order chi connectivity index (χ1) is 17.7. The number of benzene rings is 1. The number of aryl methyl sites for hydroxylation is 2. The first-order valence-corrected chi connectivity index (χ1v) is 14.3. The first-order valence-electron chi connectivity index (χ1n) is 12.1. The maximum atomic E-state index is 13.9. The molecule has 0 unspecified atom stereocenters. The fourth-order valence-electron chi connectivity index (χ4n) is 4.74. The quantitative estimate of drug-likeness (QED) is 0.518. The van der Waals surface area contributed by atoms with Gasteiger partial charge in [-0.1, -0.05) is 11.2 Å². The molecule has 2 aliphatic rings. The highest BCUT2D eigenvalue weighted by Crippen LogP contribution is 2.38. The number of aromatic nitrogens is 1. The Labute approximate surface area is 219 Å². The van der Waals surface area contributed by atoms with E-state index in [1.54, 1.807) is 43.3 Å². The van der Waals surface area contributed by atoms with Crippen LogP contribution in [0.1, 0.15) is 40.9 Å². The number of hydrogen-bond donors (Lipinski definition) is 2. The van der Waals surface area contributed by atoms with Crippen LogP contribution in [0.15, 0.2) is 45.1 Å². The van der Waals surface area contributed by atoms with E-state index in [0.29, 0.717) is 40.5 Å². The van der Waals surface area contributed by atoms with Gasteiger partial charge in [-0.3, -0.25) is 9.59 Å². The Hall–Kier alpha value is -3.22. The third kappa shape index (κ3) is 5.27. The number of amides is 2. The highest BCUT2D eigenvalue weighted by molar-refractivity contribution is 7.91. The maximum absolute atomic E-state index is 13.9. The molecule has 4 heterocycles. The molecule has 1 saturated heterocycles. The lowest BCUT2D eigenvalue weighted by atomic mass is 10.1. The molecule has 1 aromatic carbocycles. The van der Waals surface area contributed by atoms with Gasteiger partial charge in [-0.2, -0.15) is 4.31 Å². The molecule has 0 saturated carbocycles. The average molecular weight is 545 g/mol. The highest BCUT2D eigenvalue weighted by atomic mass is 32.2. The number of carbonyl (C=O) groups is 2. The average Bonchev–Trinajstić information content (AvgIpc) is 3.61. The standard InChI is InChI=1S/C25H28N4O6S2/c1-15-3-4-17-12-20(15)34-10-9-26-23(30)13-18-5-6-19(14-27-25(17)31)29(18)37(32,33)24-8-7-22(36-24)21-11-16(2)28-35-21/h3-4,7-8,11-12,18-19H,5-6,9-10,13-14H2,1-2H3,(H,26,30)(H,27,31)/t18-,19+/m0/s1. The number of hydrogen-bond acceptors (Lipinski definition) is 8. The van der Waals surface area contributed by atoms with Crippen LogP contribution in [0.2, 0.25) is 0 Å². The van der Waals surface area contributed by atoms with Crippen LogP contribution < -0.4 is 15.4 Å². The third-order valence-electron chi connectivity index (χ3n) is 6.59. The summed E-state index contributed by atoms with van der Waals surface area (Å²) in [5.41, 5.74) is 2.00. The molecule has 0 radical (unpaired) electrons. The van der Waals surface area contributed by atoms with Gasteiger partial charge in [0.15, 0.2) is 5.76 Å². The molecular weight excluding hydrogens is 516 g/mol. The number of nitrogens with one attached hydrogen (secondary N) is 2. The molecule has 37 heavy (non-hydrogen) atoms. The second kappa shape index (κ2) is 10.3. The van der Waals surface area contributed by atoms with Crippen molar-refractivity contribution >= 4 is 33.2 Å². The van der Waals surface area contributed by atoms with Gasteiger partial charge in [0.25, 0.3) is 15.9 Å². The van der Waals surface area contributed by atoms with Crippen molar-refractivity contribution in [3.8, 4) is 16.4 Å². The molecule has 5 rings (SSSR count). The molecule has 2 aromatic heterocycles. The number of sulfonamides is 1. The van der Waals surface area contributed by atoms with Crippen molar-refractivity contribution in [3.05, 3.63) is 53.2 Å². The summed E-state index contributed by atoms with van der Waals surface area (Å²) in [6.07, 6.45) is 1.06. The van der Waals surface area contributed by atoms with Crippen molar-refractivity contribution in [2.24, 2.45) is 0 Å². The van der Waals surface area contributed by atoms with Gasteiger partial charge in [-0.05, 0) is 56.5 Å². The number of carbonyl (C=O) groups excluding carboxylic acids is 2. The Kier molecular flexibility index (Phi) is 7.06. The lowest BCUT2D eigenvalue weighted by Crippen LogP contribution is -2.47. The predicted molar refractivity (Wildman–Crippen MR) is 137 cm³/mol. The Morgan fingerprint density at radius 3 is 2.65 bits per heavy atom. The zero-order chi connectivity index (χ0) is 26.2. The molecule has 2 atom stereocenters. The smallest absolute Gasteiger partial charge is 0.253 e. The van der Waals surface area contributed by atoms with Crippen molar-refractivity contribution in [1.82, 2.24) is 20.1 Å². The van der Waals surface area contributed by atoms with E-state index < -0.39 is 22.1 Å². The highest BCUT2D eigenvalue weighted by Gasteiger charge is 2.43. The van der Waals surface area contributed by atoms with E-state index in [0.717, 1.165) is 16.9 Å². The van der Waals surface area contributed by atoms with Crippen molar-refractivity contribution < 1.29 is 27.3 Å². The Bertz CT molecular complexity index is 1430. The van der Waals surface area contributed by atoms with E-state index in [1.807, 2.05) is 6.92 Å². The zero-order valence-electron chi connectivity index (χ0n) is 20.5. The van der Waals surface area contributed by atoms with Gasteiger partial charge in [0.1, 0.15) is 16.6 Å². The maximum Gasteiger partial charge on any atom is 0.253 e. The molecule has 0 spiro atoms. The minimum absolute atomic E-state index is 0.0238. The van der Waals surface area contributed by atoms with Gasteiger partial charge >= 0.3 is 0 Å². The number of rotatable bonds is 3. The summed E-state index contributed by atoms with van der Waals surface area (Å²) in [6.45, 7) is 4.29. The first kappa shape index (κ1) is 25.4. The summed E-state index contributed by atoms with van der Waals surface area (Å²) < 4.78 is 40.4. The van der Waals surface area contributed by atoms with Gasteiger partial charge in [0.05, 0.1) is 17.1 Å². The van der Waals surface area contributed by atoms with Gasteiger partial charge < -0.3 is 19.9 Å². The molecule has 0 aliphatic carbocycles. The SMILES string of the molecule is Cc1cc(-c2ccc(S(=O)(=O)N3[C@@H]4CC[C@H]3CC(=O)NCCOc3cc(ccc3C)C(=O)NC4)s2)on1. The van der Waals surface area contributed by atoms with Crippen LogP contribution in [0.25, 0.3) is 10.6 Å². The van der Waals surface area contributed by atoms with E-state index >= 15 is 0 Å². The molecule has 2 aliphatic heterocycles. The van der Waals surface area contributed by atoms with Crippen molar-refractivity contribution in [2.75, 3.05) is 19.7 Å². The molecule has 10 nitrogen and oxygen atoms in total. The third-order valence-corrected chi connectivity index (χ3v) is 10.2. The summed E-state index contributed by atoms with van der Waals surface area (Å²) in [5.74, 6) is 0.505. The van der Waals surface area contributed by atoms with Gasteiger partial charge in [0.2, 0.25) is 5.91 Å². The largest absolute Gasteiger partial charge is 0.491 e. The van der Waals surface area contributed by atoms with Gasteiger partial charge in [0, 0.05) is 36.7 Å². The van der Waals surface area contributed by atoms with E-state index in [9.17, 15) is 18.0 Å². The Morgan fingerprint density at radius 2 is 1.86 bits per heavy atom. The molecular formula is C25H28N4O6S2. The molecule has 2 amide bonds. The summed E-state index contributed by atoms with van der Waals surface area (Å²) in [7, 11) is -3.96. The summed E-state index contributed by atoms with van der Waals surface area (Å²) in [6, 6.07) is 9.14. The lowest BCUT2D eigenvalue weighted by Gasteiger charge is -2.29. The van der Waals surface area contributed by atoms with Crippen LogP contribution in [0, 0.1) is 13.8 Å². The number of thiophene rings is 1. The number of ether oxygens (including phenoxy) is 1. The van der Waals surface area contributed by atoms with E-state index in [-0.39, 0.29) is 42.1 Å². The molecule has 2 N–H and O–H groups in total. The van der Waals surface area contributed by atoms with Gasteiger partial charge in [-0.15, -0.1) is 11.3 Å². The topological polar surface area (TPSA) is 131 Å². The summed E-state index contributed by atoms with van der Waals surface area (Å²) in [5, 5.41) is 9.59. The van der Waals surface area contributed by atoms with Crippen LogP contribution in [0.4, 0.5) is 0 Å². The van der Waals surface area contributed by atoms with E-state index in [1.165, 1.54) is 4.31 Å². The van der Waals surface area contributed by atoms with Crippen LogP contribution >= 0.6 is 11.3 Å². The second-order valence-corrected chi connectivity index (χ2v) is 12.4. The van der Waals surface area contributed by atoms with Crippen LogP contribution in [0.5, 0.6) is 5.75 Å². The lowest BCUT2D eigenvalue weighted by molar-refractivity contribution is -0.121. The molecule has 3 aromatic rings. The van der Waals surface area contributed by atoms with Crippen molar-refractivity contribution in [3.63, 3.8) is 0 Å². The van der Waals surface area contributed by atoms with E-state index in [4.69, 9.17) is 9.26 Å². The van der Waals surface area contributed by atoms with Crippen molar-refractivity contribution in [1.29, 1.82) is 0 Å². The minimum Gasteiger partial charge on any atom is -0.491 e.